The molecule has 0 unspecified atom stereocenters. The van der Waals surface area contributed by atoms with Gasteiger partial charge in [-0.2, -0.15) is 0 Å². The van der Waals surface area contributed by atoms with Gasteiger partial charge in [-0.05, 0) is 39.0 Å². The van der Waals surface area contributed by atoms with Crippen molar-refractivity contribution in [2.24, 2.45) is 0 Å². The number of amides is 1. The number of aryl methyl sites for hydroxylation is 1. The molecule has 3 aromatic rings. The summed E-state index contributed by atoms with van der Waals surface area (Å²) < 4.78 is 31.7. The molecule has 3 rings (SSSR count). The fourth-order valence-corrected chi connectivity index (χ4v) is 3.61. The number of nitrogens with zero attached hydrogens (tertiary/aromatic N) is 3. The van der Waals surface area contributed by atoms with Gasteiger partial charge in [0.2, 0.25) is 0 Å². The summed E-state index contributed by atoms with van der Waals surface area (Å²) in [6.07, 6.45) is 1.74. The molecule has 0 atom stereocenters. The van der Waals surface area contributed by atoms with Crippen LogP contribution in [0, 0.1) is 6.92 Å². The fourth-order valence-electron chi connectivity index (χ4n) is 2.31. The first-order chi connectivity index (χ1) is 12.3. The Morgan fingerprint density at radius 2 is 1.88 bits per heavy atom. The van der Waals surface area contributed by atoms with Crippen LogP contribution < -0.4 is 5.32 Å². The van der Waals surface area contributed by atoms with Gasteiger partial charge in [0.15, 0.2) is 11.5 Å². The summed E-state index contributed by atoms with van der Waals surface area (Å²) >= 11 is 0. The van der Waals surface area contributed by atoms with Crippen molar-refractivity contribution >= 4 is 33.1 Å². The van der Waals surface area contributed by atoms with Crippen molar-refractivity contribution in [1.29, 1.82) is 0 Å². The lowest BCUT2D eigenvalue weighted by Crippen LogP contribution is -2.19. The third-order valence-corrected chi connectivity index (χ3v) is 5.19. The maximum Gasteiger partial charge on any atom is 0.413 e. The van der Waals surface area contributed by atoms with Crippen molar-refractivity contribution in [1.82, 2.24) is 13.9 Å². The predicted octanol–water partition coefficient (Wildman–Crippen LogP) is 2.93. The van der Waals surface area contributed by atoms with E-state index in [2.05, 4.69) is 15.3 Å². The average molecular weight is 374 g/mol. The van der Waals surface area contributed by atoms with E-state index >= 15 is 0 Å². The Bertz CT molecular complexity index is 1060. The Hall–Kier alpha value is -2.94. The first-order valence-electron chi connectivity index (χ1n) is 7.91. The van der Waals surface area contributed by atoms with Gasteiger partial charge in [0.25, 0.3) is 10.0 Å². The first-order valence-corrected chi connectivity index (χ1v) is 9.35. The van der Waals surface area contributed by atoms with Crippen molar-refractivity contribution in [2.45, 2.75) is 31.8 Å². The summed E-state index contributed by atoms with van der Waals surface area (Å²) in [4.78, 5) is 20.1. The molecular formula is C17H18N4O4S. The summed E-state index contributed by atoms with van der Waals surface area (Å²) in [5.74, 6) is 0.175. The van der Waals surface area contributed by atoms with Crippen LogP contribution >= 0.6 is 0 Å². The van der Waals surface area contributed by atoms with Gasteiger partial charge in [-0.25, -0.2) is 27.2 Å². The molecule has 0 fully saturated rings. The van der Waals surface area contributed by atoms with Crippen LogP contribution in [0.3, 0.4) is 0 Å². The van der Waals surface area contributed by atoms with E-state index in [0.29, 0.717) is 5.52 Å². The van der Waals surface area contributed by atoms with Crippen molar-refractivity contribution in [3.8, 4) is 0 Å². The number of nitrogens with one attached hydrogen (secondary N) is 1. The number of carbonyl (C=O) groups is 1. The lowest BCUT2D eigenvalue weighted by molar-refractivity contribution is 0.130. The number of hydrogen-bond acceptors (Lipinski definition) is 6. The molecule has 9 heteroatoms. The SMILES string of the molecule is Cc1ccc(S(=O)(=O)n2ccc3nc(NC(=O)OC(C)C)cnc32)cc1. The summed E-state index contributed by atoms with van der Waals surface area (Å²) in [5.41, 5.74) is 1.47. The van der Waals surface area contributed by atoms with Crippen molar-refractivity contribution in [2.75, 3.05) is 5.32 Å². The Morgan fingerprint density at radius 3 is 2.54 bits per heavy atom. The Balaban J connectivity index is 1.94. The molecule has 0 aliphatic rings. The molecule has 0 saturated heterocycles. The number of hydrogen-bond donors (Lipinski definition) is 1. The second-order valence-corrected chi connectivity index (χ2v) is 7.79. The Kier molecular flexibility index (Phi) is 4.64. The lowest BCUT2D eigenvalue weighted by Gasteiger charge is -2.09. The van der Waals surface area contributed by atoms with Crippen molar-refractivity contribution < 1.29 is 17.9 Å². The Labute approximate surface area is 150 Å². The van der Waals surface area contributed by atoms with E-state index in [9.17, 15) is 13.2 Å². The lowest BCUT2D eigenvalue weighted by atomic mass is 10.2. The molecule has 26 heavy (non-hydrogen) atoms. The monoisotopic (exact) mass is 374 g/mol. The highest BCUT2D eigenvalue weighted by molar-refractivity contribution is 7.90. The van der Waals surface area contributed by atoms with Crippen LogP contribution in [0.25, 0.3) is 11.2 Å². The molecule has 0 saturated carbocycles. The molecule has 136 valence electrons. The molecule has 1 N–H and O–H groups in total. The fraction of sp³-hybridized carbons (Fsp3) is 0.235. The van der Waals surface area contributed by atoms with Crippen LogP contribution in [-0.2, 0) is 14.8 Å². The molecule has 2 heterocycles. The molecule has 0 radical (unpaired) electrons. The minimum atomic E-state index is -3.79. The molecule has 0 aliphatic heterocycles. The normalized spacial score (nSPS) is 11.7. The van der Waals surface area contributed by atoms with Gasteiger partial charge in [0, 0.05) is 6.20 Å². The molecule has 0 bridgehead atoms. The topological polar surface area (TPSA) is 103 Å². The molecule has 8 nitrogen and oxygen atoms in total. The van der Waals surface area contributed by atoms with Crippen LogP contribution in [0.15, 0.2) is 47.6 Å². The van der Waals surface area contributed by atoms with E-state index in [4.69, 9.17) is 4.74 Å². The summed E-state index contributed by atoms with van der Waals surface area (Å²) in [7, 11) is -3.79. The average Bonchev–Trinajstić information content (AvgIpc) is 2.98. The van der Waals surface area contributed by atoms with Crippen molar-refractivity contribution in [3.05, 3.63) is 48.3 Å². The minimum Gasteiger partial charge on any atom is -0.447 e. The number of anilines is 1. The van der Waals surface area contributed by atoms with Gasteiger partial charge >= 0.3 is 6.09 Å². The van der Waals surface area contributed by atoms with Gasteiger partial charge in [0.05, 0.1) is 17.2 Å². The molecular weight excluding hydrogens is 356 g/mol. The highest BCUT2D eigenvalue weighted by Gasteiger charge is 2.20. The summed E-state index contributed by atoms with van der Waals surface area (Å²) in [5, 5.41) is 2.46. The van der Waals surface area contributed by atoms with Crippen molar-refractivity contribution in [3.63, 3.8) is 0 Å². The minimum absolute atomic E-state index is 0.158. The maximum atomic E-state index is 12.8. The van der Waals surface area contributed by atoms with E-state index in [1.54, 1.807) is 38.1 Å². The number of ether oxygens (including phenoxy) is 1. The van der Waals surface area contributed by atoms with Crippen LogP contribution in [0.4, 0.5) is 10.6 Å². The van der Waals surface area contributed by atoms with Gasteiger partial charge in [-0.3, -0.25) is 5.32 Å². The maximum absolute atomic E-state index is 12.8. The molecule has 0 spiro atoms. The van der Waals surface area contributed by atoms with E-state index < -0.39 is 16.1 Å². The Morgan fingerprint density at radius 1 is 1.19 bits per heavy atom. The highest BCUT2D eigenvalue weighted by Crippen LogP contribution is 2.21. The van der Waals surface area contributed by atoms with E-state index in [-0.39, 0.29) is 22.5 Å². The van der Waals surface area contributed by atoms with Crippen LogP contribution in [0.1, 0.15) is 19.4 Å². The number of fused-ring (bicyclic) bond motifs is 1. The number of benzene rings is 1. The largest absolute Gasteiger partial charge is 0.447 e. The second-order valence-electron chi connectivity index (χ2n) is 5.97. The summed E-state index contributed by atoms with van der Waals surface area (Å²) in [6, 6.07) is 8.07. The number of aromatic nitrogens is 3. The van der Waals surface area contributed by atoms with Gasteiger partial charge in [-0.1, -0.05) is 17.7 Å². The van der Waals surface area contributed by atoms with E-state index in [0.717, 1.165) is 9.54 Å². The number of carbonyl (C=O) groups excluding carboxylic acids is 1. The van der Waals surface area contributed by atoms with Gasteiger partial charge in [-0.15, -0.1) is 0 Å². The van der Waals surface area contributed by atoms with E-state index in [1.165, 1.54) is 18.5 Å². The van der Waals surface area contributed by atoms with Crippen LogP contribution in [0.5, 0.6) is 0 Å². The van der Waals surface area contributed by atoms with Gasteiger partial charge in [0.1, 0.15) is 5.52 Å². The number of rotatable bonds is 4. The zero-order chi connectivity index (χ0) is 18.9. The predicted molar refractivity (Wildman–Crippen MR) is 96.5 cm³/mol. The third kappa shape index (κ3) is 3.52. The zero-order valence-corrected chi connectivity index (χ0v) is 15.3. The van der Waals surface area contributed by atoms with Crippen LogP contribution in [-0.4, -0.2) is 34.6 Å². The molecule has 1 amide bonds. The first kappa shape index (κ1) is 17.9. The third-order valence-electron chi connectivity index (χ3n) is 3.51. The van der Waals surface area contributed by atoms with E-state index in [1.807, 2.05) is 6.92 Å². The summed E-state index contributed by atoms with van der Waals surface area (Å²) in [6.45, 7) is 5.33. The van der Waals surface area contributed by atoms with Gasteiger partial charge < -0.3 is 4.74 Å². The zero-order valence-electron chi connectivity index (χ0n) is 14.5. The van der Waals surface area contributed by atoms with Crippen LogP contribution in [0.2, 0.25) is 0 Å². The smallest absolute Gasteiger partial charge is 0.413 e. The molecule has 1 aromatic carbocycles. The standard InChI is InChI=1S/C17H18N4O4S/c1-11(2)25-17(22)20-15-10-18-16-14(19-15)8-9-21(16)26(23,24)13-6-4-12(3)5-7-13/h4-11H,1-3H3,(H,19,20,22). The molecule has 0 aliphatic carbocycles. The quantitative estimate of drug-likeness (QED) is 0.753. The second kappa shape index (κ2) is 6.75. The molecule has 2 aromatic heterocycles. The highest BCUT2D eigenvalue weighted by atomic mass is 32.2.